The van der Waals surface area contributed by atoms with E-state index in [1.807, 2.05) is 30.3 Å². The maximum absolute atomic E-state index is 13.2. The Labute approximate surface area is 193 Å². The summed E-state index contributed by atoms with van der Waals surface area (Å²) in [7, 11) is 0. The van der Waals surface area contributed by atoms with Crippen LogP contribution in [0.3, 0.4) is 0 Å². The van der Waals surface area contributed by atoms with E-state index in [2.05, 4.69) is 24.1 Å². The Balaban J connectivity index is 1.42. The summed E-state index contributed by atoms with van der Waals surface area (Å²) in [5, 5.41) is 4.66. The molecule has 4 rings (SSSR count). The van der Waals surface area contributed by atoms with Crippen LogP contribution < -0.4 is 5.32 Å². The number of halogens is 1. The van der Waals surface area contributed by atoms with Gasteiger partial charge in [-0.1, -0.05) is 43.8 Å². The fourth-order valence-electron chi connectivity index (χ4n) is 4.59. The van der Waals surface area contributed by atoms with Crippen molar-refractivity contribution in [2.75, 3.05) is 26.2 Å². The third kappa shape index (κ3) is 5.87. The Bertz CT molecular complexity index is 1060. The van der Waals surface area contributed by atoms with Gasteiger partial charge in [0.2, 0.25) is 0 Å². The topological polar surface area (TPSA) is 45.2 Å². The van der Waals surface area contributed by atoms with Gasteiger partial charge in [0.25, 0.3) is 5.91 Å². The van der Waals surface area contributed by atoms with E-state index in [4.69, 9.17) is 4.98 Å². The molecule has 1 N–H and O–H groups in total. The first-order valence-corrected chi connectivity index (χ1v) is 12.1. The van der Waals surface area contributed by atoms with Crippen LogP contribution in [0, 0.1) is 17.7 Å². The zero-order chi connectivity index (χ0) is 22.5. The van der Waals surface area contributed by atoms with Crippen molar-refractivity contribution in [3.05, 3.63) is 66.0 Å². The Hall–Kier alpha value is -2.44. The fourth-order valence-corrected chi connectivity index (χ4v) is 5.42. The molecule has 2 atom stereocenters. The molecule has 0 aliphatic carbocycles. The molecular weight excluding hydrogens is 421 g/mol. The van der Waals surface area contributed by atoms with Crippen LogP contribution >= 0.6 is 11.8 Å². The highest BCUT2D eigenvalue weighted by Gasteiger charge is 2.21. The van der Waals surface area contributed by atoms with E-state index in [9.17, 15) is 9.18 Å². The Kier molecular flexibility index (Phi) is 7.43. The number of aromatic nitrogens is 1. The van der Waals surface area contributed by atoms with Gasteiger partial charge in [0.1, 0.15) is 10.8 Å². The number of piperidine rings is 1. The van der Waals surface area contributed by atoms with Crippen molar-refractivity contribution in [3.63, 3.8) is 0 Å². The van der Waals surface area contributed by atoms with Crippen LogP contribution in [0.15, 0.2) is 64.5 Å². The van der Waals surface area contributed by atoms with Crippen LogP contribution in [0.5, 0.6) is 0 Å². The van der Waals surface area contributed by atoms with Crippen LogP contribution in [0.2, 0.25) is 0 Å². The number of carbonyl (C=O) groups is 1. The van der Waals surface area contributed by atoms with Gasteiger partial charge in [0.05, 0.1) is 11.1 Å². The first-order valence-electron chi connectivity index (χ1n) is 11.3. The van der Waals surface area contributed by atoms with Gasteiger partial charge in [-0.2, -0.15) is 0 Å². The lowest BCUT2D eigenvalue weighted by Crippen LogP contribution is -2.40. The van der Waals surface area contributed by atoms with Crippen LogP contribution in [0.25, 0.3) is 10.9 Å². The number of pyridine rings is 1. The van der Waals surface area contributed by atoms with Crippen LogP contribution in [-0.4, -0.2) is 42.0 Å². The number of rotatable bonds is 7. The van der Waals surface area contributed by atoms with Crippen molar-refractivity contribution in [1.29, 1.82) is 0 Å². The van der Waals surface area contributed by atoms with E-state index in [1.165, 1.54) is 30.3 Å². The summed E-state index contributed by atoms with van der Waals surface area (Å²) in [5.41, 5.74) is 1.40. The molecule has 1 aromatic heterocycles. The summed E-state index contributed by atoms with van der Waals surface area (Å²) in [5.74, 6) is 1.14. The molecule has 168 valence electrons. The third-order valence-corrected chi connectivity index (χ3v) is 6.78. The number of amides is 1. The maximum atomic E-state index is 13.2. The lowest BCUT2D eigenvalue weighted by molar-refractivity contribution is 0.0948. The van der Waals surface area contributed by atoms with E-state index in [1.54, 1.807) is 12.1 Å². The average Bonchev–Trinajstić information content (AvgIpc) is 2.77. The first kappa shape index (κ1) is 22.7. The molecular formula is C26H30FN3OS. The van der Waals surface area contributed by atoms with Crippen LogP contribution in [0.4, 0.5) is 4.39 Å². The van der Waals surface area contributed by atoms with Gasteiger partial charge in [0, 0.05) is 29.9 Å². The molecule has 2 aromatic carbocycles. The number of carbonyl (C=O) groups excluding carboxylic acids is 1. The number of nitrogens with zero attached hydrogens (tertiary/aromatic N) is 2. The zero-order valence-corrected chi connectivity index (χ0v) is 19.5. The van der Waals surface area contributed by atoms with Gasteiger partial charge >= 0.3 is 0 Å². The van der Waals surface area contributed by atoms with Crippen molar-refractivity contribution in [1.82, 2.24) is 15.2 Å². The molecule has 1 aliphatic heterocycles. The van der Waals surface area contributed by atoms with E-state index < -0.39 is 0 Å². The predicted octanol–water partition coefficient (Wildman–Crippen LogP) is 5.62. The zero-order valence-electron chi connectivity index (χ0n) is 18.7. The lowest BCUT2D eigenvalue weighted by Gasteiger charge is -2.34. The van der Waals surface area contributed by atoms with Gasteiger partial charge in [0.15, 0.2) is 0 Å². The Morgan fingerprint density at radius 3 is 2.59 bits per heavy atom. The number of hydrogen-bond donors (Lipinski definition) is 1. The maximum Gasteiger partial charge on any atom is 0.252 e. The van der Waals surface area contributed by atoms with Gasteiger partial charge in [-0.15, -0.1) is 0 Å². The molecule has 0 saturated carbocycles. The average molecular weight is 452 g/mol. The Morgan fingerprint density at radius 2 is 1.84 bits per heavy atom. The number of para-hydroxylation sites is 1. The van der Waals surface area contributed by atoms with Crippen molar-refractivity contribution in [3.8, 4) is 0 Å². The van der Waals surface area contributed by atoms with E-state index >= 15 is 0 Å². The van der Waals surface area contributed by atoms with Crippen LogP contribution in [-0.2, 0) is 0 Å². The summed E-state index contributed by atoms with van der Waals surface area (Å²) in [6.45, 7) is 8.60. The molecule has 1 fully saturated rings. The molecule has 2 heterocycles. The van der Waals surface area contributed by atoms with Crippen molar-refractivity contribution < 1.29 is 9.18 Å². The molecule has 0 unspecified atom stereocenters. The Morgan fingerprint density at radius 1 is 1.12 bits per heavy atom. The second kappa shape index (κ2) is 10.5. The minimum absolute atomic E-state index is 0.0788. The van der Waals surface area contributed by atoms with Crippen molar-refractivity contribution in [2.45, 2.75) is 36.6 Å². The summed E-state index contributed by atoms with van der Waals surface area (Å²) >= 11 is 1.43. The minimum atomic E-state index is -0.269. The first-order chi connectivity index (χ1) is 15.5. The molecule has 1 amide bonds. The summed E-state index contributed by atoms with van der Waals surface area (Å²) in [4.78, 5) is 21.1. The van der Waals surface area contributed by atoms with E-state index in [0.717, 1.165) is 58.7 Å². The van der Waals surface area contributed by atoms with Crippen molar-refractivity contribution >= 4 is 28.6 Å². The SMILES string of the molecule is C[C@@H]1C[C@H](C)CN(CCCNC(=O)c2cc(Sc3ccc(F)cc3)nc3ccccc23)C1. The predicted molar refractivity (Wildman–Crippen MR) is 129 cm³/mol. The number of likely N-dealkylation sites (tertiary alicyclic amines) is 1. The quantitative estimate of drug-likeness (QED) is 0.474. The van der Waals surface area contributed by atoms with Crippen LogP contribution in [0.1, 0.15) is 37.0 Å². The van der Waals surface area contributed by atoms with Gasteiger partial charge in [-0.3, -0.25) is 4.79 Å². The smallest absolute Gasteiger partial charge is 0.252 e. The second-order valence-corrected chi connectivity index (χ2v) is 9.99. The van der Waals surface area contributed by atoms with Crippen molar-refractivity contribution in [2.24, 2.45) is 11.8 Å². The minimum Gasteiger partial charge on any atom is -0.352 e. The monoisotopic (exact) mass is 451 g/mol. The molecule has 4 nitrogen and oxygen atoms in total. The lowest BCUT2D eigenvalue weighted by atomic mass is 9.92. The highest BCUT2D eigenvalue weighted by molar-refractivity contribution is 7.99. The highest BCUT2D eigenvalue weighted by Crippen LogP contribution is 2.30. The fraction of sp³-hybridized carbons (Fsp3) is 0.385. The van der Waals surface area contributed by atoms with E-state index in [0.29, 0.717) is 12.1 Å². The summed E-state index contributed by atoms with van der Waals surface area (Å²) in [6, 6.07) is 15.8. The van der Waals surface area contributed by atoms with E-state index in [-0.39, 0.29) is 11.7 Å². The number of benzene rings is 2. The van der Waals surface area contributed by atoms with Gasteiger partial charge in [-0.05, 0) is 67.6 Å². The molecule has 0 spiro atoms. The second-order valence-electron chi connectivity index (χ2n) is 8.90. The molecule has 1 saturated heterocycles. The summed E-state index contributed by atoms with van der Waals surface area (Å²) < 4.78 is 13.2. The third-order valence-electron chi connectivity index (χ3n) is 5.85. The summed E-state index contributed by atoms with van der Waals surface area (Å²) in [6.07, 6.45) is 2.24. The molecule has 3 aromatic rings. The molecule has 0 radical (unpaired) electrons. The number of fused-ring (bicyclic) bond motifs is 1. The molecule has 6 heteroatoms. The highest BCUT2D eigenvalue weighted by atomic mass is 32.2. The van der Waals surface area contributed by atoms with Gasteiger partial charge in [-0.25, -0.2) is 9.37 Å². The molecule has 0 bridgehead atoms. The molecule has 1 aliphatic rings. The standard InChI is InChI=1S/C26H30FN3OS/c1-18-14-19(2)17-30(16-18)13-5-12-28-26(31)23-15-25(29-24-7-4-3-6-22(23)24)32-21-10-8-20(27)9-11-21/h3-4,6-11,15,18-19H,5,12-14,16-17H2,1-2H3,(H,28,31)/t18-,19+. The van der Waals surface area contributed by atoms with Gasteiger partial charge < -0.3 is 10.2 Å². The normalized spacial score (nSPS) is 19.2. The molecule has 32 heavy (non-hydrogen) atoms. The number of nitrogens with one attached hydrogen (secondary N) is 1. The number of hydrogen-bond acceptors (Lipinski definition) is 4. The largest absolute Gasteiger partial charge is 0.352 e.